The first-order valence-electron chi connectivity index (χ1n) is 10.5. The van der Waals surface area contributed by atoms with Gasteiger partial charge in [0.25, 0.3) is 5.91 Å². The molecule has 1 aliphatic heterocycles. The summed E-state index contributed by atoms with van der Waals surface area (Å²) in [6.45, 7) is 2.24. The Kier molecular flexibility index (Phi) is 6.90. The van der Waals surface area contributed by atoms with Crippen molar-refractivity contribution in [3.63, 3.8) is 0 Å². The molecule has 1 heterocycles. The number of allylic oxidation sites excluding steroid dienone is 1. The maximum absolute atomic E-state index is 13.2. The second-order valence-electron chi connectivity index (χ2n) is 7.57. The van der Waals surface area contributed by atoms with Crippen LogP contribution in [-0.2, 0) is 11.4 Å². The van der Waals surface area contributed by atoms with E-state index >= 15 is 0 Å². The number of methoxy groups -OCH3 is 1. The van der Waals surface area contributed by atoms with Crippen LogP contribution < -0.4 is 25.4 Å². The van der Waals surface area contributed by atoms with Crippen LogP contribution in [0.2, 0.25) is 0 Å². The molecule has 0 saturated carbocycles. The molecule has 33 heavy (non-hydrogen) atoms. The molecule has 1 aliphatic rings. The third-order valence-electron chi connectivity index (χ3n) is 5.30. The minimum Gasteiger partial charge on any atom is -0.493 e. The topological polar surface area (TPSA) is 71.6 Å². The fraction of sp³-hybridized carbons (Fsp3) is 0.154. The molecule has 6 nitrogen and oxygen atoms in total. The zero-order valence-electron chi connectivity index (χ0n) is 18.4. The highest BCUT2D eigenvalue weighted by Gasteiger charge is 2.30. The van der Waals surface area contributed by atoms with Crippen LogP contribution in [0.25, 0.3) is 0 Å². The van der Waals surface area contributed by atoms with Crippen LogP contribution in [0.3, 0.4) is 0 Å². The van der Waals surface area contributed by atoms with E-state index in [1.54, 1.807) is 7.11 Å². The van der Waals surface area contributed by atoms with Gasteiger partial charge < -0.3 is 25.4 Å². The van der Waals surface area contributed by atoms with E-state index in [-0.39, 0.29) is 5.91 Å². The maximum atomic E-state index is 13.2. The zero-order valence-corrected chi connectivity index (χ0v) is 19.2. The minimum absolute atomic E-state index is 0.214. The molecule has 0 spiro atoms. The summed E-state index contributed by atoms with van der Waals surface area (Å²) in [5, 5.41) is 9.71. The number of rotatable bonds is 7. The molecule has 3 N–H and O–H groups in total. The highest BCUT2D eigenvalue weighted by molar-refractivity contribution is 7.80. The van der Waals surface area contributed by atoms with Crippen molar-refractivity contribution in [3.8, 4) is 11.5 Å². The van der Waals surface area contributed by atoms with Crippen LogP contribution in [0.1, 0.15) is 24.1 Å². The normalized spacial score (nSPS) is 15.3. The van der Waals surface area contributed by atoms with Gasteiger partial charge in [0.05, 0.1) is 18.7 Å². The van der Waals surface area contributed by atoms with E-state index < -0.39 is 6.04 Å². The third-order valence-corrected chi connectivity index (χ3v) is 5.52. The van der Waals surface area contributed by atoms with Crippen LogP contribution in [-0.4, -0.2) is 18.1 Å². The molecular weight excluding hydrogens is 434 g/mol. The lowest BCUT2D eigenvalue weighted by atomic mass is 9.94. The van der Waals surface area contributed by atoms with Crippen LogP contribution in [0.4, 0.5) is 5.69 Å². The van der Waals surface area contributed by atoms with E-state index in [0.717, 1.165) is 16.8 Å². The molecule has 168 valence electrons. The number of amides is 1. The highest BCUT2D eigenvalue weighted by atomic mass is 32.1. The minimum atomic E-state index is -0.451. The van der Waals surface area contributed by atoms with E-state index in [1.165, 1.54) is 0 Å². The predicted octanol–water partition coefficient (Wildman–Crippen LogP) is 4.71. The van der Waals surface area contributed by atoms with Gasteiger partial charge in [0.2, 0.25) is 0 Å². The Balaban J connectivity index is 1.64. The molecule has 7 heteroatoms. The average molecular weight is 460 g/mol. The Bertz CT molecular complexity index is 1180. The van der Waals surface area contributed by atoms with Crippen LogP contribution in [0.15, 0.2) is 90.1 Å². The van der Waals surface area contributed by atoms with Crippen LogP contribution in [0, 0.1) is 0 Å². The summed E-state index contributed by atoms with van der Waals surface area (Å²) in [7, 11) is 1.60. The number of hydrogen-bond donors (Lipinski definition) is 3. The summed E-state index contributed by atoms with van der Waals surface area (Å²) in [5.74, 6) is 0.988. The summed E-state index contributed by atoms with van der Waals surface area (Å²) >= 11 is 5.38. The first kappa shape index (κ1) is 22.4. The molecule has 0 aromatic heterocycles. The van der Waals surface area contributed by atoms with Gasteiger partial charge in [0, 0.05) is 11.4 Å². The number of anilines is 1. The predicted molar refractivity (Wildman–Crippen MR) is 133 cm³/mol. The molecule has 1 unspecified atom stereocenters. The van der Waals surface area contributed by atoms with Crippen molar-refractivity contribution in [1.82, 2.24) is 10.6 Å². The molecule has 3 aromatic rings. The van der Waals surface area contributed by atoms with E-state index in [4.69, 9.17) is 21.7 Å². The van der Waals surface area contributed by atoms with Gasteiger partial charge in [-0.15, -0.1) is 0 Å². The van der Waals surface area contributed by atoms with Gasteiger partial charge in [0.1, 0.15) is 6.61 Å². The molecule has 0 fully saturated rings. The smallest absolute Gasteiger partial charge is 0.255 e. The van der Waals surface area contributed by atoms with E-state index in [0.29, 0.717) is 34.5 Å². The number of para-hydroxylation sites is 1. The van der Waals surface area contributed by atoms with Gasteiger partial charge >= 0.3 is 0 Å². The molecule has 1 atom stereocenters. The first-order valence-corrected chi connectivity index (χ1v) is 11.0. The zero-order chi connectivity index (χ0) is 23.2. The number of carbonyl (C=O) groups excluding carboxylic acids is 1. The molecule has 1 amide bonds. The van der Waals surface area contributed by atoms with Crippen molar-refractivity contribution >= 4 is 28.9 Å². The quantitative estimate of drug-likeness (QED) is 0.445. The second kappa shape index (κ2) is 10.2. The SMILES string of the molecule is COc1ccc(C2NC(=S)NC(C)=C2C(=O)Nc2ccccc2)cc1OCc1ccccc1. The fourth-order valence-electron chi connectivity index (χ4n) is 3.69. The largest absolute Gasteiger partial charge is 0.493 e. The standard InChI is InChI=1S/C26H25N3O3S/c1-17-23(25(30)28-20-11-7-4-8-12-20)24(29-26(33)27-17)19-13-14-21(31-2)22(15-19)32-16-18-9-5-3-6-10-18/h3-15,24H,16H2,1-2H3,(H,28,30)(H2,27,29,33). The third kappa shape index (κ3) is 5.32. The Labute approximate surface area is 198 Å². The lowest BCUT2D eigenvalue weighted by molar-refractivity contribution is -0.113. The van der Waals surface area contributed by atoms with Gasteiger partial charge in [-0.05, 0) is 54.5 Å². The fourth-order valence-corrected chi connectivity index (χ4v) is 3.96. The van der Waals surface area contributed by atoms with Crippen molar-refractivity contribution in [3.05, 3.63) is 101 Å². The summed E-state index contributed by atoms with van der Waals surface area (Å²) < 4.78 is 11.6. The average Bonchev–Trinajstić information content (AvgIpc) is 2.83. The first-order chi connectivity index (χ1) is 16.0. The molecule has 4 rings (SSSR count). The van der Waals surface area contributed by atoms with Crippen molar-refractivity contribution in [1.29, 1.82) is 0 Å². The van der Waals surface area contributed by atoms with E-state index in [1.807, 2.05) is 85.8 Å². The van der Waals surface area contributed by atoms with Crippen LogP contribution in [0.5, 0.6) is 11.5 Å². The van der Waals surface area contributed by atoms with Crippen molar-refractivity contribution in [2.75, 3.05) is 12.4 Å². The monoisotopic (exact) mass is 459 g/mol. The van der Waals surface area contributed by atoms with Gasteiger partial charge in [0.15, 0.2) is 16.6 Å². The van der Waals surface area contributed by atoms with Gasteiger partial charge in [-0.25, -0.2) is 0 Å². The number of benzene rings is 3. The summed E-state index contributed by atoms with van der Waals surface area (Å²) in [5.41, 5.74) is 3.84. The Morgan fingerprint density at radius 3 is 2.39 bits per heavy atom. The molecule has 0 radical (unpaired) electrons. The second-order valence-corrected chi connectivity index (χ2v) is 7.98. The molecular formula is C26H25N3O3S. The number of nitrogens with one attached hydrogen (secondary N) is 3. The number of carbonyl (C=O) groups is 1. The molecule has 0 saturated heterocycles. The van der Waals surface area contributed by atoms with Gasteiger partial charge in [-0.1, -0.05) is 54.6 Å². The van der Waals surface area contributed by atoms with E-state index in [2.05, 4.69) is 16.0 Å². The lowest BCUT2D eigenvalue weighted by Crippen LogP contribution is -2.45. The van der Waals surface area contributed by atoms with Gasteiger partial charge in [-0.2, -0.15) is 0 Å². The Morgan fingerprint density at radius 2 is 1.70 bits per heavy atom. The molecule has 3 aromatic carbocycles. The van der Waals surface area contributed by atoms with Crippen molar-refractivity contribution in [2.24, 2.45) is 0 Å². The van der Waals surface area contributed by atoms with Crippen molar-refractivity contribution < 1.29 is 14.3 Å². The summed E-state index contributed by atoms with van der Waals surface area (Å²) in [4.78, 5) is 13.2. The van der Waals surface area contributed by atoms with E-state index in [9.17, 15) is 4.79 Å². The maximum Gasteiger partial charge on any atom is 0.255 e. The van der Waals surface area contributed by atoms with Crippen LogP contribution >= 0.6 is 12.2 Å². The Morgan fingerprint density at radius 1 is 1.00 bits per heavy atom. The van der Waals surface area contributed by atoms with Crippen molar-refractivity contribution in [2.45, 2.75) is 19.6 Å². The van der Waals surface area contributed by atoms with Gasteiger partial charge in [-0.3, -0.25) is 4.79 Å². The number of hydrogen-bond acceptors (Lipinski definition) is 4. The Hall–Kier alpha value is -3.84. The summed E-state index contributed by atoms with van der Waals surface area (Å²) in [6.07, 6.45) is 0. The lowest BCUT2D eigenvalue weighted by Gasteiger charge is -2.30. The highest BCUT2D eigenvalue weighted by Crippen LogP contribution is 2.35. The molecule has 0 bridgehead atoms. The summed E-state index contributed by atoms with van der Waals surface area (Å²) in [6, 6.07) is 24.4. The number of thiocarbonyl (C=S) groups is 1. The number of ether oxygens (including phenoxy) is 2. The molecule has 0 aliphatic carbocycles.